The number of nitrogens with one attached hydrogen (secondary N) is 2. The van der Waals surface area contributed by atoms with Gasteiger partial charge in [0, 0.05) is 17.5 Å². The Bertz CT molecular complexity index is 611. The molecule has 2 N–H and O–H groups in total. The lowest BCUT2D eigenvalue weighted by molar-refractivity contribution is 0.0957. The molecule has 1 amide bonds. The average Bonchev–Trinajstić information content (AvgIpc) is 2.95. The van der Waals surface area contributed by atoms with Gasteiger partial charge in [-0.25, -0.2) is 8.42 Å². The molecule has 1 saturated carbocycles. The summed E-state index contributed by atoms with van der Waals surface area (Å²) in [4.78, 5) is 12.2. The van der Waals surface area contributed by atoms with E-state index in [2.05, 4.69) is 10.0 Å². The van der Waals surface area contributed by atoms with Gasteiger partial charge >= 0.3 is 0 Å². The van der Waals surface area contributed by atoms with Gasteiger partial charge in [-0.2, -0.15) is 11.8 Å². The van der Waals surface area contributed by atoms with E-state index in [1.807, 2.05) is 11.8 Å². The smallest absolute Gasteiger partial charge is 0.253 e. The molecule has 0 atom stereocenters. The molecule has 1 aliphatic carbocycles. The third-order valence-corrected chi connectivity index (χ3v) is 5.48. The fraction of sp³-hybridized carbons (Fsp3) is 0.533. The highest BCUT2D eigenvalue weighted by Crippen LogP contribution is 2.28. The monoisotopic (exact) mass is 342 g/mol. The Labute approximate surface area is 136 Å². The van der Waals surface area contributed by atoms with Crippen LogP contribution in [0.25, 0.3) is 0 Å². The third-order valence-electron chi connectivity index (χ3n) is 3.51. The Balaban J connectivity index is 1.86. The molecular weight excluding hydrogens is 320 g/mol. The highest BCUT2D eigenvalue weighted by molar-refractivity contribution is 7.99. The lowest BCUT2D eigenvalue weighted by atomic mass is 10.2. The number of hydrogen-bond donors (Lipinski definition) is 2. The number of benzene rings is 1. The number of rotatable bonds is 7. The van der Waals surface area contributed by atoms with Crippen LogP contribution >= 0.6 is 11.8 Å². The number of amides is 1. The van der Waals surface area contributed by atoms with Gasteiger partial charge < -0.3 is 5.32 Å². The Morgan fingerprint density at radius 1 is 1.27 bits per heavy atom. The second-order valence-electron chi connectivity index (χ2n) is 5.45. The summed E-state index contributed by atoms with van der Waals surface area (Å²) in [6.45, 7) is 0.590. The Morgan fingerprint density at radius 3 is 2.64 bits per heavy atom. The maximum Gasteiger partial charge on any atom is 0.253 e. The fourth-order valence-electron chi connectivity index (χ4n) is 2.51. The first-order valence-corrected chi connectivity index (χ1v) is 10.4. The first kappa shape index (κ1) is 17.1. The van der Waals surface area contributed by atoms with Crippen LogP contribution in [0.5, 0.6) is 0 Å². The summed E-state index contributed by atoms with van der Waals surface area (Å²) in [6.07, 6.45) is 6.25. The van der Waals surface area contributed by atoms with Gasteiger partial charge in [-0.1, -0.05) is 25.0 Å². The van der Waals surface area contributed by atoms with E-state index in [0.717, 1.165) is 17.3 Å². The van der Waals surface area contributed by atoms with E-state index >= 15 is 0 Å². The molecule has 2 rings (SSSR count). The first-order chi connectivity index (χ1) is 10.5. The molecule has 0 saturated heterocycles. The minimum atomic E-state index is -3.40. The van der Waals surface area contributed by atoms with Crippen molar-refractivity contribution >= 4 is 33.4 Å². The van der Waals surface area contributed by atoms with E-state index in [-0.39, 0.29) is 5.91 Å². The molecular formula is C15H22N2O3S2. The zero-order valence-corrected chi connectivity index (χ0v) is 14.3. The van der Waals surface area contributed by atoms with Gasteiger partial charge in [0.05, 0.1) is 17.5 Å². The Hall–Kier alpha value is -1.21. The van der Waals surface area contributed by atoms with Crippen LogP contribution in [0.3, 0.4) is 0 Å². The van der Waals surface area contributed by atoms with Crippen molar-refractivity contribution in [3.8, 4) is 0 Å². The molecule has 0 heterocycles. The lowest BCUT2D eigenvalue weighted by Gasteiger charge is -2.12. The maximum atomic E-state index is 12.2. The minimum Gasteiger partial charge on any atom is -0.351 e. The van der Waals surface area contributed by atoms with E-state index in [1.165, 1.54) is 25.7 Å². The highest BCUT2D eigenvalue weighted by atomic mass is 32.2. The van der Waals surface area contributed by atoms with Crippen molar-refractivity contribution in [1.82, 2.24) is 5.32 Å². The summed E-state index contributed by atoms with van der Waals surface area (Å²) in [5.41, 5.74) is 0.657. The number of para-hydroxylation sites is 1. The number of thioether (sulfide) groups is 1. The minimum absolute atomic E-state index is 0.251. The largest absolute Gasteiger partial charge is 0.351 e. The second-order valence-corrected chi connectivity index (χ2v) is 8.61. The Morgan fingerprint density at radius 2 is 1.95 bits per heavy atom. The average molecular weight is 342 g/mol. The summed E-state index contributed by atoms with van der Waals surface area (Å²) in [5.74, 6) is 0.636. The van der Waals surface area contributed by atoms with Gasteiger partial charge in [-0.3, -0.25) is 9.52 Å². The van der Waals surface area contributed by atoms with Crippen molar-refractivity contribution < 1.29 is 13.2 Å². The molecule has 0 aromatic heterocycles. The Kier molecular flexibility index (Phi) is 6.14. The van der Waals surface area contributed by atoms with Crippen molar-refractivity contribution in [1.29, 1.82) is 0 Å². The van der Waals surface area contributed by atoms with E-state index in [0.29, 0.717) is 17.8 Å². The first-order valence-electron chi connectivity index (χ1n) is 7.42. The van der Waals surface area contributed by atoms with E-state index in [4.69, 9.17) is 0 Å². The fourth-order valence-corrected chi connectivity index (χ4v) is 4.31. The van der Waals surface area contributed by atoms with Crippen LogP contribution in [-0.2, 0) is 10.0 Å². The van der Waals surface area contributed by atoms with Crippen LogP contribution in [0.1, 0.15) is 36.0 Å². The zero-order valence-electron chi connectivity index (χ0n) is 12.7. The molecule has 5 nitrogen and oxygen atoms in total. The van der Waals surface area contributed by atoms with Crippen molar-refractivity contribution in [2.75, 3.05) is 23.3 Å². The van der Waals surface area contributed by atoms with Gasteiger partial charge in [-0.15, -0.1) is 0 Å². The summed E-state index contributed by atoms with van der Waals surface area (Å²) < 4.78 is 25.0. The number of carbonyl (C=O) groups excluding carboxylic acids is 1. The molecule has 1 fully saturated rings. The maximum absolute atomic E-state index is 12.2. The lowest BCUT2D eigenvalue weighted by Crippen LogP contribution is -2.27. The van der Waals surface area contributed by atoms with Crippen LogP contribution in [0.15, 0.2) is 24.3 Å². The number of anilines is 1. The SMILES string of the molecule is CS(=O)(=O)Nc1ccccc1C(=O)NCCSC1CCCC1. The molecule has 1 aliphatic rings. The predicted molar refractivity (Wildman–Crippen MR) is 92.0 cm³/mol. The van der Waals surface area contributed by atoms with Gasteiger partial charge in [0.25, 0.3) is 5.91 Å². The molecule has 0 aliphatic heterocycles. The molecule has 0 spiro atoms. The van der Waals surface area contributed by atoms with E-state index in [9.17, 15) is 13.2 Å². The number of sulfonamides is 1. The van der Waals surface area contributed by atoms with Gasteiger partial charge in [-0.05, 0) is 25.0 Å². The van der Waals surface area contributed by atoms with Gasteiger partial charge in [0.15, 0.2) is 0 Å². The summed E-state index contributed by atoms with van der Waals surface area (Å²) in [7, 11) is -3.40. The number of carbonyl (C=O) groups is 1. The van der Waals surface area contributed by atoms with Crippen LogP contribution in [0, 0.1) is 0 Å². The van der Waals surface area contributed by atoms with Crippen LogP contribution in [0.4, 0.5) is 5.69 Å². The van der Waals surface area contributed by atoms with Crippen molar-refractivity contribution in [3.63, 3.8) is 0 Å². The summed E-state index contributed by atoms with van der Waals surface area (Å²) in [6, 6.07) is 6.62. The van der Waals surface area contributed by atoms with Crippen molar-refractivity contribution in [2.45, 2.75) is 30.9 Å². The normalized spacial score (nSPS) is 15.7. The quantitative estimate of drug-likeness (QED) is 0.747. The topological polar surface area (TPSA) is 75.3 Å². The van der Waals surface area contributed by atoms with E-state index < -0.39 is 10.0 Å². The second kappa shape index (κ2) is 7.87. The summed E-state index contributed by atoms with van der Waals surface area (Å²) in [5, 5.41) is 3.59. The standard InChI is InChI=1S/C15H22N2O3S2/c1-22(19,20)17-14-9-5-4-8-13(14)15(18)16-10-11-21-12-6-2-3-7-12/h4-5,8-9,12,17H,2-3,6-7,10-11H2,1H3,(H,16,18). The van der Waals surface area contributed by atoms with Crippen LogP contribution in [-0.4, -0.2) is 38.1 Å². The molecule has 122 valence electrons. The molecule has 0 radical (unpaired) electrons. The predicted octanol–water partition coefficient (Wildman–Crippen LogP) is 2.46. The summed E-state index contributed by atoms with van der Waals surface area (Å²) >= 11 is 1.91. The molecule has 1 aromatic carbocycles. The number of hydrogen-bond acceptors (Lipinski definition) is 4. The van der Waals surface area contributed by atoms with Crippen molar-refractivity contribution in [2.24, 2.45) is 0 Å². The third kappa shape index (κ3) is 5.53. The van der Waals surface area contributed by atoms with Gasteiger partial charge in [0.2, 0.25) is 10.0 Å². The molecule has 22 heavy (non-hydrogen) atoms. The molecule has 1 aromatic rings. The zero-order chi connectivity index (χ0) is 16.0. The highest BCUT2D eigenvalue weighted by Gasteiger charge is 2.16. The molecule has 0 bridgehead atoms. The van der Waals surface area contributed by atoms with E-state index in [1.54, 1.807) is 24.3 Å². The van der Waals surface area contributed by atoms with Gasteiger partial charge in [0.1, 0.15) is 0 Å². The molecule has 0 unspecified atom stereocenters. The van der Waals surface area contributed by atoms with Crippen molar-refractivity contribution in [3.05, 3.63) is 29.8 Å². The van der Waals surface area contributed by atoms with Crippen LogP contribution < -0.4 is 10.0 Å². The molecule has 7 heteroatoms. The van der Waals surface area contributed by atoms with Crippen LogP contribution in [0.2, 0.25) is 0 Å².